The van der Waals surface area contributed by atoms with Crippen molar-refractivity contribution in [2.45, 2.75) is 25.6 Å². The largest absolute Gasteiger partial charge is 0.497 e. The molecule has 1 aliphatic rings. The smallest absolute Gasteiger partial charge is 0.133 e. The first-order valence-electron chi connectivity index (χ1n) is 6.75. The zero-order valence-corrected chi connectivity index (χ0v) is 11.7. The lowest BCUT2D eigenvalue weighted by molar-refractivity contribution is 0.0493. The first-order chi connectivity index (χ1) is 9.67. The van der Waals surface area contributed by atoms with Gasteiger partial charge in [0.1, 0.15) is 23.7 Å². The first kappa shape index (κ1) is 13.0. The summed E-state index contributed by atoms with van der Waals surface area (Å²) in [6.45, 7) is 2.04. The van der Waals surface area contributed by atoms with Crippen molar-refractivity contribution in [2.24, 2.45) is 0 Å². The quantitative estimate of drug-likeness (QED) is 0.931. The number of methoxy groups -OCH3 is 1. The number of hydrogen-bond donors (Lipinski definition) is 1. The van der Waals surface area contributed by atoms with Gasteiger partial charge in [-0.15, -0.1) is 0 Å². The van der Waals surface area contributed by atoms with Gasteiger partial charge >= 0.3 is 0 Å². The summed E-state index contributed by atoms with van der Waals surface area (Å²) in [5.74, 6) is 1.55. The Hall–Kier alpha value is -2.00. The highest BCUT2D eigenvalue weighted by atomic mass is 16.5. The highest BCUT2D eigenvalue weighted by molar-refractivity contribution is 5.42. The fraction of sp³-hybridized carbons (Fsp3) is 0.294. The van der Waals surface area contributed by atoms with Crippen LogP contribution in [0.5, 0.6) is 11.5 Å². The van der Waals surface area contributed by atoms with Gasteiger partial charge in [-0.25, -0.2) is 0 Å². The Kier molecular flexibility index (Phi) is 3.36. The van der Waals surface area contributed by atoms with Crippen LogP contribution < -0.4 is 9.47 Å². The molecule has 3 heteroatoms. The zero-order chi connectivity index (χ0) is 14.1. The van der Waals surface area contributed by atoms with Gasteiger partial charge in [-0.05, 0) is 42.3 Å². The minimum Gasteiger partial charge on any atom is -0.497 e. The van der Waals surface area contributed by atoms with E-state index in [2.05, 4.69) is 0 Å². The Morgan fingerprint density at radius 3 is 2.45 bits per heavy atom. The second kappa shape index (κ2) is 5.17. The highest BCUT2D eigenvalue weighted by Gasteiger charge is 2.32. The van der Waals surface area contributed by atoms with Gasteiger partial charge in [0.15, 0.2) is 0 Å². The van der Waals surface area contributed by atoms with Crippen LogP contribution in [0.2, 0.25) is 0 Å². The van der Waals surface area contributed by atoms with Crippen molar-refractivity contribution in [1.82, 2.24) is 0 Å². The molecule has 2 aromatic carbocycles. The molecule has 2 aromatic rings. The van der Waals surface area contributed by atoms with Crippen molar-refractivity contribution in [1.29, 1.82) is 0 Å². The lowest BCUT2D eigenvalue weighted by Crippen LogP contribution is -2.21. The fourth-order valence-corrected chi connectivity index (χ4v) is 2.59. The van der Waals surface area contributed by atoms with E-state index in [4.69, 9.17) is 9.47 Å². The molecule has 0 saturated carbocycles. The van der Waals surface area contributed by atoms with Crippen molar-refractivity contribution in [3.63, 3.8) is 0 Å². The van der Waals surface area contributed by atoms with Crippen LogP contribution in [0.1, 0.15) is 22.8 Å². The van der Waals surface area contributed by atoms with Crippen LogP contribution in [-0.2, 0) is 6.42 Å². The number of aliphatic hydroxyl groups excluding tert-OH is 1. The molecule has 1 aliphatic carbocycles. The lowest BCUT2D eigenvalue weighted by atomic mass is 10.1. The molecule has 0 aromatic heterocycles. The molecule has 3 nitrogen and oxygen atoms in total. The van der Waals surface area contributed by atoms with Gasteiger partial charge in [-0.2, -0.15) is 0 Å². The summed E-state index contributed by atoms with van der Waals surface area (Å²) in [6, 6.07) is 13.7. The molecule has 0 fully saturated rings. The molecule has 0 radical (unpaired) electrons. The number of ether oxygens (including phenoxy) is 2. The number of aliphatic hydroxyl groups is 1. The van der Waals surface area contributed by atoms with Crippen LogP contribution in [0.4, 0.5) is 0 Å². The molecular formula is C17H18O3. The maximum absolute atomic E-state index is 10.4. The predicted molar refractivity (Wildman–Crippen MR) is 77.3 cm³/mol. The van der Waals surface area contributed by atoms with E-state index in [0.717, 1.165) is 22.6 Å². The summed E-state index contributed by atoms with van der Waals surface area (Å²) < 4.78 is 11.1. The van der Waals surface area contributed by atoms with Crippen LogP contribution in [0, 0.1) is 6.92 Å². The maximum Gasteiger partial charge on any atom is 0.133 e. The summed E-state index contributed by atoms with van der Waals surface area (Å²) in [5, 5.41) is 10.4. The van der Waals surface area contributed by atoms with E-state index >= 15 is 0 Å². The molecule has 0 bridgehead atoms. The summed E-state index contributed by atoms with van der Waals surface area (Å²) in [7, 11) is 1.63. The van der Waals surface area contributed by atoms with Crippen LogP contribution in [0.15, 0.2) is 42.5 Å². The molecular weight excluding hydrogens is 252 g/mol. The number of fused-ring (bicyclic) bond motifs is 1. The molecule has 104 valence electrons. The monoisotopic (exact) mass is 270 g/mol. The van der Waals surface area contributed by atoms with Crippen LogP contribution in [-0.4, -0.2) is 18.3 Å². The molecule has 0 aliphatic heterocycles. The van der Waals surface area contributed by atoms with Gasteiger partial charge in [0, 0.05) is 6.42 Å². The van der Waals surface area contributed by atoms with Gasteiger partial charge in [0.25, 0.3) is 0 Å². The first-order valence-corrected chi connectivity index (χ1v) is 6.75. The standard InChI is InChI=1S/C17H18O3/c1-11-3-6-13(7-4-11)20-16-9-12-5-8-14(19-2)10-15(12)17(16)18/h3-8,10,16-18H,9H2,1-2H3. The van der Waals surface area contributed by atoms with Crippen molar-refractivity contribution in [3.8, 4) is 11.5 Å². The molecule has 3 rings (SSSR count). The van der Waals surface area contributed by atoms with E-state index in [0.29, 0.717) is 6.42 Å². The number of hydrogen-bond acceptors (Lipinski definition) is 3. The van der Waals surface area contributed by atoms with Crippen LogP contribution in [0.25, 0.3) is 0 Å². The zero-order valence-electron chi connectivity index (χ0n) is 11.7. The number of aryl methyl sites for hydroxylation is 1. The minimum atomic E-state index is -0.610. The van der Waals surface area contributed by atoms with Crippen molar-refractivity contribution in [2.75, 3.05) is 7.11 Å². The topological polar surface area (TPSA) is 38.7 Å². The third-order valence-corrected chi connectivity index (χ3v) is 3.75. The molecule has 1 N–H and O–H groups in total. The third-order valence-electron chi connectivity index (χ3n) is 3.75. The Morgan fingerprint density at radius 2 is 1.75 bits per heavy atom. The van der Waals surface area contributed by atoms with E-state index in [1.54, 1.807) is 7.11 Å². The maximum atomic E-state index is 10.4. The second-order valence-electron chi connectivity index (χ2n) is 5.18. The Bertz CT molecular complexity index is 604. The van der Waals surface area contributed by atoms with E-state index in [1.165, 1.54) is 5.56 Å². The molecule has 0 spiro atoms. The third kappa shape index (κ3) is 2.37. The highest BCUT2D eigenvalue weighted by Crippen LogP contribution is 2.36. The fourth-order valence-electron chi connectivity index (χ4n) is 2.59. The average Bonchev–Trinajstić information content (AvgIpc) is 2.77. The summed E-state index contributed by atoms with van der Waals surface area (Å²) in [5.41, 5.74) is 3.22. The van der Waals surface area contributed by atoms with Crippen LogP contribution >= 0.6 is 0 Å². The summed E-state index contributed by atoms with van der Waals surface area (Å²) in [4.78, 5) is 0. The Morgan fingerprint density at radius 1 is 1.05 bits per heavy atom. The molecule has 0 amide bonds. The summed E-state index contributed by atoms with van der Waals surface area (Å²) in [6.07, 6.45) is -0.129. The summed E-state index contributed by atoms with van der Waals surface area (Å²) >= 11 is 0. The molecule has 20 heavy (non-hydrogen) atoms. The molecule has 2 unspecified atom stereocenters. The lowest BCUT2D eigenvalue weighted by Gasteiger charge is -2.17. The Balaban J connectivity index is 1.79. The SMILES string of the molecule is COc1ccc2c(c1)C(O)C(Oc1ccc(C)cc1)C2. The number of benzene rings is 2. The molecule has 0 saturated heterocycles. The van der Waals surface area contributed by atoms with Crippen molar-refractivity contribution >= 4 is 0 Å². The van der Waals surface area contributed by atoms with E-state index in [9.17, 15) is 5.11 Å². The minimum absolute atomic E-state index is 0.236. The van der Waals surface area contributed by atoms with E-state index in [-0.39, 0.29) is 6.10 Å². The van der Waals surface area contributed by atoms with E-state index in [1.807, 2.05) is 49.4 Å². The van der Waals surface area contributed by atoms with Gasteiger partial charge in [0.05, 0.1) is 7.11 Å². The average molecular weight is 270 g/mol. The van der Waals surface area contributed by atoms with Crippen molar-refractivity contribution in [3.05, 3.63) is 59.2 Å². The second-order valence-corrected chi connectivity index (χ2v) is 5.18. The molecule has 2 atom stereocenters. The van der Waals surface area contributed by atoms with E-state index < -0.39 is 6.10 Å². The van der Waals surface area contributed by atoms with Crippen LogP contribution in [0.3, 0.4) is 0 Å². The van der Waals surface area contributed by atoms with Gasteiger partial charge in [0.2, 0.25) is 0 Å². The van der Waals surface area contributed by atoms with Crippen molar-refractivity contribution < 1.29 is 14.6 Å². The Labute approximate surface area is 118 Å². The molecule has 0 heterocycles. The van der Waals surface area contributed by atoms with Gasteiger partial charge in [-0.3, -0.25) is 0 Å². The van der Waals surface area contributed by atoms with Gasteiger partial charge < -0.3 is 14.6 Å². The van der Waals surface area contributed by atoms with Gasteiger partial charge in [-0.1, -0.05) is 23.8 Å². The normalized spacial score (nSPS) is 20.6. The number of rotatable bonds is 3. The predicted octanol–water partition coefficient (Wildman–Crippen LogP) is 3.04.